The molecule has 1 aromatic carbocycles. The zero-order chi connectivity index (χ0) is 17.2. The highest BCUT2D eigenvalue weighted by atomic mass is 16.5. The van der Waals surface area contributed by atoms with E-state index in [1.54, 1.807) is 30.6 Å². The molecule has 25 heavy (non-hydrogen) atoms. The molecule has 3 aromatic heterocycles. The first-order valence-electron chi connectivity index (χ1n) is 7.76. The quantitative estimate of drug-likeness (QED) is 0.617. The maximum Gasteiger partial charge on any atom is 0.259 e. The van der Waals surface area contributed by atoms with Crippen molar-refractivity contribution in [1.82, 2.24) is 15.1 Å². The van der Waals surface area contributed by atoms with Gasteiger partial charge in [-0.05, 0) is 25.1 Å². The highest BCUT2D eigenvalue weighted by Gasteiger charge is 2.20. The van der Waals surface area contributed by atoms with Gasteiger partial charge in [-0.1, -0.05) is 35.5 Å². The van der Waals surface area contributed by atoms with Crippen molar-refractivity contribution >= 4 is 22.7 Å². The van der Waals surface area contributed by atoms with Crippen LogP contribution in [0.25, 0.3) is 22.4 Å². The van der Waals surface area contributed by atoms with Gasteiger partial charge in [0.1, 0.15) is 5.69 Å². The van der Waals surface area contributed by atoms with Crippen LogP contribution < -0.4 is 5.32 Å². The van der Waals surface area contributed by atoms with Gasteiger partial charge >= 0.3 is 0 Å². The van der Waals surface area contributed by atoms with Crippen molar-refractivity contribution in [2.24, 2.45) is 0 Å². The minimum Gasteiger partial charge on any atom is -0.335 e. The Morgan fingerprint density at radius 1 is 1.08 bits per heavy atom. The number of amides is 1. The normalized spacial score (nSPS) is 10.8. The summed E-state index contributed by atoms with van der Waals surface area (Å²) in [4.78, 5) is 21.1. The van der Waals surface area contributed by atoms with Crippen LogP contribution >= 0.6 is 0 Å². The van der Waals surface area contributed by atoms with Gasteiger partial charge in [0.2, 0.25) is 0 Å². The number of benzene rings is 1. The Bertz CT molecular complexity index is 1040. The van der Waals surface area contributed by atoms with Gasteiger partial charge in [-0.15, -0.1) is 0 Å². The van der Waals surface area contributed by atoms with E-state index in [1.165, 1.54) is 0 Å². The number of fused-ring (bicyclic) bond motifs is 1. The lowest BCUT2D eigenvalue weighted by atomic mass is 10.0. The Kier molecular flexibility index (Phi) is 3.70. The lowest BCUT2D eigenvalue weighted by Crippen LogP contribution is -2.13. The van der Waals surface area contributed by atoms with Crippen LogP contribution in [0.4, 0.5) is 5.69 Å². The maximum atomic E-state index is 12.8. The predicted octanol–water partition coefficient (Wildman–Crippen LogP) is 3.85. The molecule has 0 bridgehead atoms. The number of hydrogen-bond donors (Lipinski definition) is 1. The first-order chi connectivity index (χ1) is 12.2. The van der Waals surface area contributed by atoms with Gasteiger partial charge in [0.05, 0.1) is 10.9 Å². The van der Waals surface area contributed by atoms with E-state index in [2.05, 4.69) is 20.4 Å². The third-order valence-electron chi connectivity index (χ3n) is 3.80. The summed E-state index contributed by atoms with van der Waals surface area (Å²) in [6.07, 6.45) is 3.25. The second-order valence-corrected chi connectivity index (χ2v) is 5.58. The predicted molar refractivity (Wildman–Crippen MR) is 94.2 cm³/mol. The second-order valence-electron chi connectivity index (χ2n) is 5.58. The smallest absolute Gasteiger partial charge is 0.259 e. The van der Waals surface area contributed by atoms with E-state index >= 15 is 0 Å². The molecule has 3 heterocycles. The highest BCUT2D eigenvalue weighted by Crippen LogP contribution is 2.30. The molecule has 0 aliphatic carbocycles. The molecule has 0 radical (unpaired) electrons. The van der Waals surface area contributed by atoms with E-state index in [0.29, 0.717) is 33.7 Å². The molecule has 4 aromatic rings. The fraction of sp³-hybridized carbons (Fsp3) is 0.0526. The van der Waals surface area contributed by atoms with Crippen LogP contribution in [0.5, 0.6) is 0 Å². The van der Waals surface area contributed by atoms with Gasteiger partial charge in [-0.3, -0.25) is 9.78 Å². The van der Waals surface area contributed by atoms with E-state index < -0.39 is 0 Å². The number of aryl methyl sites for hydroxylation is 1. The van der Waals surface area contributed by atoms with Crippen molar-refractivity contribution < 1.29 is 9.32 Å². The third kappa shape index (κ3) is 2.85. The summed E-state index contributed by atoms with van der Waals surface area (Å²) < 4.78 is 5.37. The fourth-order valence-electron chi connectivity index (χ4n) is 2.68. The molecule has 6 heteroatoms. The van der Waals surface area contributed by atoms with Crippen LogP contribution in [0.3, 0.4) is 0 Å². The zero-order valence-corrected chi connectivity index (χ0v) is 13.4. The van der Waals surface area contributed by atoms with Crippen molar-refractivity contribution in [3.8, 4) is 11.3 Å². The molecular weight excluding hydrogens is 316 g/mol. The van der Waals surface area contributed by atoms with Gasteiger partial charge in [0.15, 0.2) is 0 Å². The van der Waals surface area contributed by atoms with Gasteiger partial charge < -0.3 is 9.84 Å². The van der Waals surface area contributed by atoms with E-state index in [4.69, 9.17) is 4.52 Å². The molecule has 0 fully saturated rings. The number of carbonyl (C=O) groups excluding carboxylic acids is 1. The van der Waals surface area contributed by atoms with Crippen LogP contribution in [0.15, 0.2) is 65.4 Å². The lowest BCUT2D eigenvalue weighted by molar-refractivity contribution is 0.102. The Morgan fingerprint density at radius 3 is 2.60 bits per heavy atom. The number of rotatable bonds is 3. The number of carbonyl (C=O) groups is 1. The first-order valence-corrected chi connectivity index (χ1v) is 7.76. The van der Waals surface area contributed by atoms with Gasteiger partial charge in [-0.2, -0.15) is 0 Å². The minimum absolute atomic E-state index is 0.248. The molecule has 0 aliphatic rings. The Labute approximate surface area is 143 Å². The maximum absolute atomic E-state index is 12.8. The molecule has 4 rings (SSSR count). The molecule has 0 saturated heterocycles. The highest BCUT2D eigenvalue weighted by molar-refractivity contribution is 6.14. The second kappa shape index (κ2) is 6.16. The van der Waals surface area contributed by atoms with Crippen molar-refractivity contribution in [2.45, 2.75) is 6.92 Å². The van der Waals surface area contributed by atoms with E-state index in [9.17, 15) is 4.79 Å². The molecule has 122 valence electrons. The van der Waals surface area contributed by atoms with E-state index in [0.717, 1.165) is 5.56 Å². The van der Waals surface area contributed by atoms with Crippen molar-refractivity contribution in [2.75, 3.05) is 5.32 Å². The molecule has 0 spiro atoms. The van der Waals surface area contributed by atoms with Crippen LogP contribution in [0.2, 0.25) is 0 Å². The number of nitrogens with one attached hydrogen (secondary N) is 1. The Hall–Kier alpha value is -3.54. The number of anilines is 1. The summed E-state index contributed by atoms with van der Waals surface area (Å²) in [5, 5.41) is 7.60. The number of nitrogens with zero attached hydrogens (tertiary/aromatic N) is 3. The van der Waals surface area contributed by atoms with Crippen LogP contribution in [-0.2, 0) is 0 Å². The van der Waals surface area contributed by atoms with Crippen molar-refractivity contribution in [1.29, 1.82) is 0 Å². The Morgan fingerprint density at radius 2 is 1.84 bits per heavy atom. The number of aromatic nitrogens is 3. The van der Waals surface area contributed by atoms with Gasteiger partial charge in [0, 0.05) is 29.3 Å². The average Bonchev–Trinajstić information content (AvgIpc) is 3.06. The standard InChI is InChI=1S/C19H14N4O2/c1-12-11-15(18(24)22-14-7-9-20-10-8-14)16-17(23-25-19(16)21-12)13-5-3-2-4-6-13/h2-11H,1H3,(H,20,22,24). The van der Waals surface area contributed by atoms with Crippen LogP contribution in [-0.4, -0.2) is 21.0 Å². The third-order valence-corrected chi connectivity index (χ3v) is 3.80. The molecule has 1 amide bonds. The average molecular weight is 330 g/mol. The largest absolute Gasteiger partial charge is 0.335 e. The first kappa shape index (κ1) is 15.0. The van der Waals surface area contributed by atoms with E-state index in [1.807, 2.05) is 37.3 Å². The number of pyridine rings is 2. The van der Waals surface area contributed by atoms with Crippen molar-refractivity contribution in [3.63, 3.8) is 0 Å². The molecule has 0 atom stereocenters. The lowest BCUT2D eigenvalue weighted by Gasteiger charge is -2.07. The zero-order valence-electron chi connectivity index (χ0n) is 13.4. The molecule has 0 aliphatic heterocycles. The fourth-order valence-corrected chi connectivity index (χ4v) is 2.68. The Balaban J connectivity index is 1.85. The topological polar surface area (TPSA) is 80.9 Å². The van der Waals surface area contributed by atoms with Crippen molar-refractivity contribution in [3.05, 3.63) is 72.2 Å². The summed E-state index contributed by atoms with van der Waals surface area (Å²) >= 11 is 0. The van der Waals surface area contributed by atoms with Crippen LogP contribution in [0, 0.1) is 6.92 Å². The minimum atomic E-state index is -0.248. The summed E-state index contributed by atoms with van der Waals surface area (Å²) in [6.45, 7) is 1.81. The SMILES string of the molecule is Cc1cc(C(=O)Nc2ccncc2)c2c(-c3ccccc3)noc2n1. The molecule has 1 N–H and O–H groups in total. The molecule has 0 unspecified atom stereocenters. The number of hydrogen-bond acceptors (Lipinski definition) is 5. The summed E-state index contributed by atoms with van der Waals surface area (Å²) in [5.74, 6) is -0.248. The summed E-state index contributed by atoms with van der Waals surface area (Å²) in [6, 6.07) is 14.8. The van der Waals surface area contributed by atoms with Gasteiger partial charge in [-0.25, -0.2) is 4.98 Å². The summed E-state index contributed by atoms with van der Waals surface area (Å²) in [7, 11) is 0. The monoisotopic (exact) mass is 330 g/mol. The molecule has 0 saturated carbocycles. The van der Waals surface area contributed by atoms with Crippen LogP contribution in [0.1, 0.15) is 16.1 Å². The molecular formula is C19H14N4O2. The van der Waals surface area contributed by atoms with E-state index in [-0.39, 0.29) is 5.91 Å². The van der Waals surface area contributed by atoms with Gasteiger partial charge in [0.25, 0.3) is 11.6 Å². The summed E-state index contributed by atoms with van der Waals surface area (Å²) in [5.41, 5.74) is 3.63. The molecule has 6 nitrogen and oxygen atoms in total.